The Bertz CT molecular complexity index is 1130. The summed E-state index contributed by atoms with van der Waals surface area (Å²) in [6.45, 7) is -0.104. The van der Waals surface area contributed by atoms with Gasteiger partial charge in [-0.1, -0.05) is 72.8 Å². The Kier molecular flexibility index (Phi) is 5.90. The van der Waals surface area contributed by atoms with E-state index in [0.717, 1.165) is 21.9 Å². The lowest BCUT2D eigenvalue weighted by Crippen LogP contribution is -2.39. The van der Waals surface area contributed by atoms with E-state index in [4.69, 9.17) is 4.42 Å². The first-order chi connectivity index (χ1) is 14.7. The van der Waals surface area contributed by atoms with Crippen molar-refractivity contribution in [2.24, 2.45) is 0 Å². The minimum atomic E-state index is -0.413. The van der Waals surface area contributed by atoms with Gasteiger partial charge in [0.05, 0.1) is 19.2 Å². The number of hydrogen-bond donors (Lipinski definition) is 2. The van der Waals surface area contributed by atoms with Crippen molar-refractivity contribution in [3.05, 3.63) is 108 Å². The van der Waals surface area contributed by atoms with Gasteiger partial charge in [-0.3, -0.25) is 9.59 Å². The predicted octanol–water partition coefficient (Wildman–Crippen LogP) is 4.00. The van der Waals surface area contributed by atoms with Crippen molar-refractivity contribution in [3.63, 3.8) is 0 Å². The van der Waals surface area contributed by atoms with Crippen LogP contribution in [0.3, 0.4) is 0 Å². The Morgan fingerprint density at radius 3 is 2.37 bits per heavy atom. The van der Waals surface area contributed by atoms with Gasteiger partial charge < -0.3 is 15.1 Å². The fraction of sp³-hybridized carbons (Fsp3) is 0.120. The SMILES string of the molecule is O=C(Cc1cccc2ccccc12)NCC(=O)NC(c1ccccc1)c1ccco1. The molecule has 2 N–H and O–H groups in total. The van der Waals surface area contributed by atoms with Crippen molar-refractivity contribution < 1.29 is 14.0 Å². The van der Waals surface area contributed by atoms with E-state index in [1.807, 2.05) is 78.9 Å². The zero-order chi connectivity index (χ0) is 20.8. The summed E-state index contributed by atoms with van der Waals surface area (Å²) in [7, 11) is 0. The topological polar surface area (TPSA) is 71.3 Å². The molecule has 1 heterocycles. The van der Waals surface area contributed by atoms with Crippen LogP contribution < -0.4 is 10.6 Å². The molecule has 3 aromatic carbocycles. The molecule has 0 fully saturated rings. The fourth-order valence-corrected chi connectivity index (χ4v) is 3.49. The fourth-order valence-electron chi connectivity index (χ4n) is 3.49. The molecular weight excluding hydrogens is 376 g/mol. The molecule has 5 nitrogen and oxygen atoms in total. The van der Waals surface area contributed by atoms with E-state index >= 15 is 0 Å². The van der Waals surface area contributed by atoms with Crippen LogP contribution in [-0.2, 0) is 16.0 Å². The Morgan fingerprint density at radius 1 is 0.800 bits per heavy atom. The second kappa shape index (κ2) is 9.09. The van der Waals surface area contributed by atoms with Gasteiger partial charge in [0.2, 0.25) is 11.8 Å². The maximum absolute atomic E-state index is 12.5. The number of nitrogens with one attached hydrogen (secondary N) is 2. The van der Waals surface area contributed by atoms with Crippen LogP contribution in [0.1, 0.15) is 22.9 Å². The van der Waals surface area contributed by atoms with Gasteiger partial charge >= 0.3 is 0 Å². The van der Waals surface area contributed by atoms with Gasteiger partial charge in [0.25, 0.3) is 0 Å². The van der Waals surface area contributed by atoms with Crippen LogP contribution in [0.4, 0.5) is 0 Å². The summed E-state index contributed by atoms with van der Waals surface area (Å²) < 4.78 is 5.49. The molecule has 0 radical (unpaired) electrons. The summed E-state index contributed by atoms with van der Waals surface area (Å²) in [5.74, 6) is 0.152. The predicted molar refractivity (Wildman–Crippen MR) is 116 cm³/mol. The Labute approximate surface area is 174 Å². The summed E-state index contributed by atoms with van der Waals surface area (Å²) >= 11 is 0. The second-order valence-corrected chi connectivity index (χ2v) is 7.02. The van der Waals surface area contributed by atoms with Gasteiger partial charge in [0.1, 0.15) is 11.8 Å². The Morgan fingerprint density at radius 2 is 1.57 bits per heavy atom. The number of carbonyl (C=O) groups excluding carboxylic acids is 2. The van der Waals surface area contributed by atoms with Crippen LogP contribution in [0.5, 0.6) is 0 Å². The lowest BCUT2D eigenvalue weighted by atomic mass is 10.0. The van der Waals surface area contributed by atoms with Gasteiger partial charge in [0, 0.05) is 0 Å². The van der Waals surface area contributed by atoms with Gasteiger partial charge in [-0.05, 0) is 34.0 Å². The number of furan rings is 1. The lowest BCUT2D eigenvalue weighted by molar-refractivity contribution is -0.126. The van der Waals surface area contributed by atoms with Crippen LogP contribution in [-0.4, -0.2) is 18.4 Å². The molecule has 0 spiro atoms. The summed E-state index contributed by atoms with van der Waals surface area (Å²) in [6, 6.07) is 26.6. The molecule has 1 aromatic heterocycles. The van der Waals surface area contributed by atoms with Crippen LogP contribution in [0.25, 0.3) is 10.8 Å². The number of hydrogen-bond acceptors (Lipinski definition) is 3. The molecule has 4 aromatic rings. The third kappa shape index (κ3) is 4.58. The van der Waals surface area contributed by atoms with E-state index in [1.54, 1.807) is 12.3 Å². The van der Waals surface area contributed by atoms with E-state index in [1.165, 1.54) is 0 Å². The van der Waals surface area contributed by atoms with Crippen molar-refractivity contribution in [1.82, 2.24) is 10.6 Å². The summed E-state index contributed by atoms with van der Waals surface area (Å²) in [6.07, 6.45) is 1.79. The largest absolute Gasteiger partial charge is 0.467 e. The van der Waals surface area contributed by atoms with Gasteiger partial charge in [-0.15, -0.1) is 0 Å². The number of carbonyl (C=O) groups is 2. The standard InChI is InChI=1S/C25H22N2O3/c28-23(16-20-12-6-11-18-8-4-5-13-21(18)20)26-17-24(29)27-25(22-14-7-15-30-22)19-9-2-1-3-10-19/h1-15,25H,16-17H2,(H,26,28)(H,27,29). The van der Waals surface area contributed by atoms with Crippen molar-refractivity contribution in [3.8, 4) is 0 Å². The van der Waals surface area contributed by atoms with Gasteiger partial charge in [-0.2, -0.15) is 0 Å². The molecular formula is C25H22N2O3. The average molecular weight is 398 g/mol. The molecule has 0 saturated carbocycles. The van der Waals surface area contributed by atoms with Crippen LogP contribution in [0, 0.1) is 0 Å². The first-order valence-corrected chi connectivity index (χ1v) is 9.82. The Hall–Kier alpha value is -3.86. The molecule has 30 heavy (non-hydrogen) atoms. The number of fused-ring (bicyclic) bond motifs is 1. The molecule has 0 bridgehead atoms. The molecule has 0 aliphatic rings. The van der Waals surface area contributed by atoms with Crippen molar-refractivity contribution >= 4 is 22.6 Å². The molecule has 4 rings (SSSR count). The average Bonchev–Trinajstić information content (AvgIpc) is 3.31. The highest BCUT2D eigenvalue weighted by atomic mass is 16.3. The van der Waals surface area contributed by atoms with E-state index in [2.05, 4.69) is 10.6 Å². The number of rotatable bonds is 7. The Balaban J connectivity index is 1.38. The van der Waals surface area contributed by atoms with Gasteiger partial charge in [-0.25, -0.2) is 0 Å². The normalized spacial score (nSPS) is 11.7. The smallest absolute Gasteiger partial charge is 0.240 e. The molecule has 1 atom stereocenters. The maximum Gasteiger partial charge on any atom is 0.240 e. The summed E-state index contributed by atoms with van der Waals surface area (Å²) in [5, 5.41) is 7.78. The first kappa shape index (κ1) is 19.5. The van der Waals surface area contributed by atoms with Crippen LogP contribution in [0.15, 0.2) is 95.6 Å². The van der Waals surface area contributed by atoms with E-state index in [-0.39, 0.29) is 24.8 Å². The highest BCUT2D eigenvalue weighted by molar-refractivity contribution is 5.91. The van der Waals surface area contributed by atoms with Crippen LogP contribution >= 0.6 is 0 Å². The zero-order valence-corrected chi connectivity index (χ0v) is 16.4. The third-order valence-corrected chi connectivity index (χ3v) is 4.94. The number of amides is 2. The van der Waals surface area contributed by atoms with E-state index in [0.29, 0.717) is 5.76 Å². The zero-order valence-electron chi connectivity index (χ0n) is 16.4. The van der Waals surface area contributed by atoms with Crippen molar-refractivity contribution in [2.45, 2.75) is 12.5 Å². The highest BCUT2D eigenvalue weighted by Crippen LogP contribution is 2.22. The molecule has 150 valence electrons. The maximum atomic E-state index is 12.5. The molecule has 2 amide bonds. The van der Waals surface area contributed by atoms with Gasteiger partial charge in [0.15, 0.2) is 0 Å². The lowest BCUT2D eigenvalue weighted by Gasteiger charge is -2.17. The first-order valence-electron chi connectivity index (χ1n) is 9.82. The molecule has 0 aliphatic heterocycles. The minimum Gasteiger partial charge on any atom is -0.467 e. The summed E-state index contributed by atoms with van der Waals surface area (Å²) in [4.78, 5) is 25.0. The van der Waals surface area contributed by atoms with E-state index in [9.17, 15) is 9.59 Å². The summed E-state index contributed by atoms with van der Waals surface area (Å²) in [5.41, 5.74) is 1.84. The third-order valence-electron chi connectivity index (χ3n) is 4.94. The quantitative estimate of drug-likeness (QED) is 0.494. The van der Waals surface area contributed by atoms with Crippen molar-refractivity contribution in [1.29, 1.82) is 0 Å². The van der Waals surface area contributed by atoms with E-state index < -0.39 is 6.04 Å². The second-order valence-electron chi connectivity index (χ2n) is 7.02. The molecule has 1 unspecified atom stereocenters. The van der Waals surface area contributed by atoms with Crippen molar-refractivity contribution in [2.75, 3.05) is 6.54 Å². The highest BCUT2D eigenvalue weighted by Gasteiger charge is 2.19. The molecule has 0 saturated heterocycles. The molecule has 5 heteroatoms. The number of benzene rings is 3. The molecule has 0 aliphatic carbocycles. The minimum absolute atomic E-state index is 0.104. The monoisotopic (exact) mass is 398 g/mol. The van der Waals surface area contributed by atoms with Crippen LogP contribution in [0.2, 0.25) is 0 Å².